The van der Waals surface area contributed by atoms with Gasteiger partial charge in [-0.15, -0.1) is 5.10 Å². The van der Waals surface area contributed by atoms with Gasteiger partial charge in [-0.1, -0.05) is 26.0 Å². The Kier molecular flexibility index (Phi) is 5.17. The van der Waals surface area contributed by atoms with Crippen LogP contribution in [0.2, 0.25) is 0 Å². The normalized spacial score (nSPS) is 11.7. The maximum Gasteiger partial charge on any atom is 0.256 e. The van der Waals surface area contributed by atoms with Crippen molar-refractivity contribution in [1.82, 2.24) is 39.6 Å². The van der Waals surface area contributed by atoms with E-state index in [9.17, 15) is 4.79 Å². The summed E-state index contributed by atoms with van der Waals surface area (Å²) in [5.74, 6) is 1.06. The highest BCUT2D eigenvalue weighted by atomic mass is 16.1. The number of aryl methyl sites for hydroxylation is 1. The lowest BCUT2D eigenvalue weighted by Gasteiger charge is -2.25. The maximum absolute atomic E-state index is 12.8. The van der Waals surface area contributed by atoms with E-state index < -0.39 is 0 Å². The van der Waals surface area contributed by atoms with Crippen LogP contribution in [0.25, 0.3) is 11.3 Å². The van der Waals surface area contributed by atoms with Crippen LogP contribution < -0.4 is 5.32 Å². The number of anilines is 1. The van der Waals surface area contributed by atoms with E-state index >= 15 is 0 Å². The number of hydrogen-bond donors (Lipinski definition) is 2. The first-order valence-electron chi connectivity index (χ1n) is 10.6. The minimum atomic E-state index is -0.203. The molecule has 0 fully saturated rings. The van der Waals surface area contributed by atoms with Gasteiger partial charge in [0.2, 0.25) is 0 Å². The van der Waals surface area contributed by atoms with Crippen LogP contribution in [-0.2, 0) is 11.8 Å². The van der Waals surface area contributed by atoms with Gasteiger partial charge in [0.1, 0.15) is 11.5 Å². The fourth-order valence-electron chi connectivity index (χ4n) is 3.73. The summed E-state index contributed by atoms with van der Waals surface area (Å²) in [7, 11) is 0. The molecule has 0 aliphatic rings. The second-order valence-corrected chi connectivity index (χ2v) is 8.51. The van der Waals surface area contributed by atoms with Crippen LogP contribution >= 0.6 is 0 Å². The summed E-state index contributed by atoms with van der Waals surface area (Å²) in [4.78, 5) is 21.4. The monoisotopic (exact) mass is 441 g/mol. The molecule has 0 unspecified atom stereocenters. The molecule has 0 aliphatic heterocycles. The van der Waals surface area contributed by atoms with E-state index in [1.807, 2.05) is 57.8 Å². The van der Waals surface area contributed by atoms with Crippen LogP contribution in [0.5, 0.6) is 0 Å². The highest BCUT2D eigenvalue weighted by Gasteiger charge is 2.21. The second-order valence-electron chi connectivity index (χ2n) is 8.51. The zero-order chi connectivity index (χ0) is 22.8. The van der Waals surface area contributed by atoms with E-state index in [2.05, 4.69) is 49.8 Å². The van der Waals surface area contributed by atoms with Crippen molar-refractivity contribution in [3.8, 4) is 5.69 Å². The minimum absolute atomic E-state index is 0.0870. The molecule has 0 atom stereocenters. The van der Waals surface area contributed by atoms with E-state index in [-0.39, 0.29) is 11.3 Å². The second kappa shape index (κ2) is 8.30. The number of rotatable bonds is 7. The van der Waals surface area contributed by atoms with Gasteiger partial charge in [0, 0.05) is 30.6 Å². The summed E-state index contributed by atoms with van der Waals surface area (Å²) in [6, 6.07) is 11.5. The van der Waals surface area contributed by atoms with Gasteiger partial charge in [-0.3, -0.25) is 4.79 Å². The summed E-state index contributed by atoms with van der Waals surface area (Å²) < 4.78 is 3.78. The molecule has 0 aliphatic carbocycles. The summed E-state index contributed by atoms with van der Waals surface area (Å²) in [6.07, 6.45) is 10.7. The maximum atomic E-state index is 12.8. The third-order valence-corrected chi connectivity index (χ3v) is 5.78. The number of nitrogens with one attached hydrogen (secondary N) is 2. The van der Waals surface area contributed by atoms with Crippen molar-refractivity contribution < 1.29 is 4.79 Å². The van der Waals surface area contributed by atoms with Crippen LogP contribution in [0.15, 0.2) is 67.5 Å². The number of amides is 1. The zero-order valence-electron chi connectivity index (χ0n) is 18.3. The number of H-pyrrole nitrogens is 1. The largest absolute Gasteiger partial charge is 0.305 e. The molecular formula is C23H23N9O. The van der Waals surface area contributed by atoms with Crippen molar-refractivity contribution >= 4 is 17.4 Å². The van der Waals surface area contributed by atoms with E-state index in [0.717, 1.165) is 35.6 Å². The van der Waals surface area contributed by atoms with E-state index in [4.69, 9.17) is 0 Å². The van der Waals surface area contributed by atoms with Gasteiger partial charge in [0.25, 0.3) is 5.91 Å². The quantitative estimate of drug-likeness (QED) is 0.400. The molecule has 0 radical (unpaired) electrons. The highest BCUT2D eigenvalue weighted by Crippen LogP contribution is 2.28. The number of nitrogens with zero attached hydrogens (tertiary/aromatic N) is 7. The van der Waals surface area contributed by atoms with Gasteiger partial charge < -0.3 is 14.3 Å². The number of hydrogen-bond acceptors (Lipinski definition) is 6. The molecule has 10 nitrogen and oxygen atoms in total. The highest BCUT2D eigenvalue weighted by molar-refractivity contribution is 6.03. The first-order chi connectivity index (χ1) is 16.0. The molecule has 4 heterocycles. The molecule has 0 saturated carbocycles. The number of imidazole rings is 2. The number of aromatic nitrogens is 8. The number of carbonyl (C=O) groups is 1. The van der Waals surface area contributed by atoms with Gasteiger partial charge in [-0.2, -0.15) is 0 Å². The molecular weight excluding hydrogens is 418 g/mol. The molecule has 2 N–H and O–H groups in total. The number of aromatic amines is 1. The smallest absolute Gasteiger partial charge is 0.256 e. The Bertz CT molecular complexity index is 1370. The fraction of sp³-hybridized carbons (Fsp3) is 0.217. The summed E-state index contributed by atoms with van der Waals surface area (Å²) in [5.41, 5.74) is 3.33. The Morgan fingerprint density at radius 1 is 1.12 bits per heavy atom. The zero-order valence-corrected chi connectivity index (χ0v) is 18.3. The number of carbonyl (C=O) groups excluding carboxylic acids is 1. The molecule has 5 rings (SSSR count). The lowest BCUT2D eigenvalue weighted by molar-refractivity contribution is 0.102. The summed E-state index contributed by atoms with van der Waals surface area (Å²) >= 11 is 0. The molecule has 0 spiro atoms. The number of pyridine rings is 1. The van der Waals surface area contributed by atoms with Gasteiger partial charge in [-0.25, -0.2) is 15.1 Å². The third kappa shape index (κ3) is 4.36. The molecule has 0 bridgehead atoms. The Morgan fingerprint density at radius 2 is 1.97 bits per heavy atom. The van der Waals surface area contributed by atoms with Crippen molar-refractivity contribution in [1.29, 1.82) is 0 Å². The van der Waals surface area contributed by atoms with Crippen molar-refractivity contribution in [3.63, 3.8) is 0 Å². The molecule has 1 aromatic carbocycles. The van der Waals surface area contributed by atoms with Gasteiger partial charge in [0.15, 0.2) is 5.82 Å². The molecule has 5 aromatic rings. The lowest BCUT2D eigenvalue weighted by Crippen LogP contribution is -2.19. The van der Waals surface area contributed by atoms with E-state index in [1.165, 1.54) is 0 Å². The minimum Gasteiger partial charge on any atom is -0.305 e. The van der Waals surface area contributed by atoms with Crippen LogP contribution in [0.3, 0.4) is 0 Å². The number of tetrazole rings is 1. The van der Waals surface area contributed by atoms with Crippen LogP contribution in [0, 0.1) is 0 Å². The van der Waals surface area contributed by atoms with Gasteiger partial charge in [-0.05, 0) is 52.1 Å². The topological polar surface area (TPSA) is 119 Å². The fourth-order valence-corrected chi connectivity index (χ4v) is 3.73. The molecule has 10 heteroatoms. The average Bonchev–Trinajstić information content (AvgIpc) is 3.59. The number of fused-ring (bicyclic) bond motifs is 1. The van der Waals surface area contributed by atoms with Crippen molar-refractivity contribution in [3.05, 3.63) is 84.5 Å². The Balaban J connectivity index is 1.27. The van der Waals surface area contributed by atoms with Crippen LogP contribution in [-0.4, -0.2) is 45.5 Å². The first kappa shape index (κ1) is 20.6. The van der Waals surface area contributed by atoms with Crippen LogP contribution in [0.4, 0.5) is 5.82 Å². The molecule has 0 saturated heterocycles. The lowest BCUT2D eigenvalue weighted by atomic mass is 9.80. The Hall–Kier alpha value is -4.34. The molecule has 33 heavy (non-hydrogen) atoms. The van der Waals surface area contributed by atoms with Crippen LogP contribution in [0.1, 0.15) is 42.0 Å². The van der Waals surface area contributed by atoms with Gasteiger partial charge >= 0.3 is 0 Å². The van der Waals surface area contributed by atoms with Crippen molar-refractivity contribution in [2.24, 2.45) is 0 Å². The van der Waals surface area contributed by atoms with Crippen molar-refractivity contribution in [2.75, 3.05) is 5.32 Å². The predicted molar refractivity (Wildman–Crippen MR) is 122 cm³/mol. The van der Waals surface area contributed by atoms with Crippen molar-refractivity contribution in [2.45, 2.75) is 32.1 Å². The summed E-state index contributed by atoms with van der Waals surface area (Å²) in [6.45, 7) is 4.33. The summed E-state index contributed by atoms with van der Waals surface area (Å²) in [5, 5.41) is 16.9. The Morgan fingerprint density at radius 3 is 2.70 bits per heavy atom. The SMILES string of the molecule is CC(C)(CCc1nnn[nH]1)c1ccc(C(=O)Nc2cn3cc(-n4ccnc4)ccc3n2)cc1. The molecule has 4 aromatic heterocycles. The molecule has 1 amide bonds. The molecule has 166 valence electrons. The predicted octanol–water partition coefficient (Wildman–Crippen LogP) is 3.20. The average molecular weight is 441 g/mol. The number of benzene rings is 1. The first-order valence-corrected chi connectivity index (χ1v) is 10.6. The third-order valence-electron chi connectivity index (χ3n) is 5.78. The van der Waals surface area contributed by atoms with E-state index in [0.29, 0.717) is 11.4 Å². The van der Waals surface area contributed by atoms with E-state index in [1.54, 1.807) is 18.7 Å². The van der Waals surface area contributed by atoms with Gasteiger partial charge in [0.05, 0.1) is 18.2 Å². The Labute approximate surface area is 189 Å². The standard InChI is InChI=1S/C23H23N9O/c1-23(2,10-9-19-27-29-30-28-19)17-5-3-16(4-6-17)22(33)26-20-14-32-13-18(7-8-21(32)25-20)31-12-11-24-15-31/h3-8,11-15H,9-10H2,1-2H3,(H,26,33)(H,27,28,29,30).